The van der Waals surface area contributed by atoms with Crippen LogP contribution in [0.1, 0.15) is 16.7 Å². The maximum atomic E-state index is 5.28. The summed E-state index contributed by atoms with van der Waals surface area (Å²) >= 11 is 5.28. The second kappa shape index (κ2) is 5.80. The Balaban J connectivity index is 2.03. The van der Waals surface area contributed by atoms with Crippen molar-refractivity contribution in [2.75, 3.05) is 10.6 Å². The Bertz CT molecular complexity index is 591. The van der Waals surface area contributed by atoms with Crippen LogP contribution in [0, 0.1) is 20.8 Å². The van der Waals surface area contributed by atoms with Gasteiger partial charge in [-0.3, -0.25) is 0 Å². The highest BCUT2D eigenvalue weighted by Crippen LogP contribution is 2.16. The molecule has 2 aromatic rings. The summed E-state index contributed by atoms with van der Waals surface area (Å²) in [5.41, 5.74) is 4.54. The van der Waals surface area contributed by atoms with Gasteiger partial charge in [-0.1, -0.05) is 23.8 Å². The zero-order valence-electron chi connectivity index (χ0n) is 11.3. The molecule has 2 rings (SSSR count). The number of rotatable bonds is 2. The summed E-state index contributed by atoms with van der Waals surface area (Å²) in [7, 11) is 0. The van der Waals surface area contributed by atoms with Crippen LogP contribution >= 0.6 is 12.2 Å². The van der Waals surface area contributed by atoms with Crippen molar-refractivity contribution in [1.29, 1.82) is 0 Å². The minimum Gasteiger partial charge on any atom is -0.332 e. The molecule has 0 unspecified atom stereocenters. The standard InChI is InChI=1S/C15H17N3S/c1-10-4-6-13(12(3)8-10)17-15(19)18-14-7-5-11(2)9-16-14/h4-9H,1-3H3,(H2,16,17,18,19). The molecule has 1 aromatic heterocycles. The molecule has 0 aliphatic rings. The molecule has 0 atom stereocenters. The largest absolute Gasteiger partial charge is 0.332 e. The van der Waals surface area contributed by atoms with Gasteiger partial charge in [0.25, 0.3) is 0 Å². The molecular weight excluding hydrogens is 254 g/mol. The van der Waals surface area contributed by atoms with Gasteiger partial charge in [0.1, 0.15) is 5.82 Å². The number of pyridine rings is 1. The zero-order chi connectivity index (χ0) is 13.8. The lowest BCUT2D eigenvalue weighted by molar-refractivity contribution is 1.27. The van der Waals surface area contributed by atoms with Crippen molar-refractivity contribution in [2.24, 2.45) is 0 Å². The Morgan fingerprint density at radius 3 is 2.37 bits per heavy atom. The lowest BCUT2D eigenvalue weighted by Crippen LogP contribution is -2.20. The second-order valence-electron chi connectivity index (χ2n) is 4.62. The van der Waals surface area contributed by atoms with E-state index in [0.29, 0.717) is 5.11 Å². The van der Waals surface area contributed by atoms with E-state index in [-0.39, 0.29) is 0 Å². The minimum atomic E-state index is 0.545. The van der Waals surface area contributed by atoms with Crippen molar-refractivity contribution >= 4 is 28.8 Å². The quantitative estimate of drug-likeness (QED) is 0.814. The summed E-state index contributed by atoms with van der Waals surface area (Å²) in [6, 6.07) is 10.1. The molecule has 0 fully saturated rings. The predicted octanol–water partition coefficient (Wildman–Crippen LogP) is 3.82. The number of hydrogen-bond acceptors (Lipinski definition) is 2. The van der Waals surface area contributed by atoms with Crippen molar-refractivity contribution in [1.82, 2.24) is 4.98 Å². The van der Waals surface area contributed by atoms with E-state index in [2.05, 4.69) is 41.6 Å². The fourth-order valence-electron chi connectivity index (χ4n) is 1.77. The van der Waals surface area contributed by atoms with E-state index in [0.717, 1.165) is 17.1 Å². The van der Waals surface area contributed by atoms with E-state index in [9.17, 15) is 0 Å². The Morgan fingerprint density at radius 2 is 1.74 bits per heavy atom. The first-order chi connectivity index (χ1) is 9.04. The number of nitrogens with zero attached hydrogens (tertiary/aromatic N) is 1. The third kappa shape index (κ3) is 3.76. The van der Waals surface area contributed by atoms with E-state index in [4.69, 9.17) is 12.2 Å². The molecule has 0 bridgehead atoms. The number of nitrogens with one attached hydrogen (secondary N) is 2. The van der Waals surface area contributed by atoms with Crippen molar-refractivity contribution < 1.29 is 0 Å². The number of hydrogen-bond donors (Lipinski definition) is 2. The monoisotopic (exact) mass is 271 g/mol. The Kier molecular flexibility index (Phi) is 4.12. The molecule has 98 valence electrons. The molecule has 0 aliphatic heterocycles. The van der Waals surface area contributed by atoms with Crippen LogP contribution in [0.4, 0.5) is 11.5 Å². The molecular formula is C15H17N3S. The van der Waals surface area contributed by atoms with Gasteiger partial charge in [0, 0.05) is 11.9 Å². The Labute approximate surface area is 119 Å². The van der Waals surface area contributed by atoms with E-state index in [1.165, 1.54) is 11.1 Å². The van der Waals surface area contributed by atoms with Gasteiger partial charge in [-0.2, -0.15) is 0 Å². The highest BCUT2D eigenvalue weighted by molar-refractivity contribution is 7.80. The van der Waals surface area contributed by atoms with Gasteiger partial charge in [0.2, 0.25) is 0 Å². The molecule has 0 aliphatic carbocycles. The van der Waals surface area contributed by atoms with Crippen LogP contribution in [0.15, 0.2) is 36.5 Å². The first-order valence-corrected chi connectivity index (χ1v) is 6.53. The van der Waals surface area contributed by atoms with Crippen molar-refractivity contribution in [2.45, 2.75) is 20.8 Å². The van der Waals surface area contributed by atoms with Crippen LogP contribution in [0.25, 0.3) is 0 Å². The van der Waals surface area contributed by atoms with Crippen molar-refractivity contribution in [3.63, 3.8) is 0 Å². The summed E-state index contributed by atoms with van der Waals surface area (Å²) < 4.78 is 0. The van der Waals surface area contributed by atoms with E-state index in [1.807, 2.05) is 31.3 Å². The molecule has 19 heavy (non-hydrogen) atoms. The fourth-order valence-corrected chi connectivity index (χ4v) is 1.98. The van der Waals surface area contributed by atoms with Gasteiger partial charge in [-0.05, 0) is 56.2 Å². The average molecular weight is 271 g/mol. The van der Waals surface area contributed by atoms with Gasteiger partial charge in [-0.15, -0.1) is 0 Å². The maximum Gasteiger partial charge on any atom is 0.176 e. The SMILES string of the molecule is Cc1ccc(NC(=S)Nc2ccc(C)cc2C)nc1. The Hall–Kier alpha value is -1.94. The van der Waals surface area contributed by atoms with Gasteiger partial charge in [-0.25, -0.2) is 4.98 Å². The fraction of sp³-hybridized carbons (Fsp3) is 0.200. The van der Waals surface area contributed by atoms with Gasteiger partial charge in [0.05, 0.1) is 0 Å². The molecule has 0 radical (unpaired) electrons. The van der Waals surface area contributed by atoms with Crippen LogP contribution in [0.5, 0.6) is 0 Å². The Morgan fingerprint density at radius 1 is 1.00 bits per heavy atom. The van der Waals surface area contributed by atoms with Crippen molar-refractivity contribution in [3.05, 3.63) is 53.2 Å². The predicted molar refractivity (Wildman–Crippen MR) is 84.7 cm³/mol. The number of thiocarbonyl (C=S) groups is 1. The summed E-state index contributed by atoms with van der Waals surface area (Å²) in [4.78, 5) is 4.26. The topological polar surface area (TPSA) is 37.0 Å². The van der Waals surface area contributed by atoms with E-state index >= 15 is 0 Å². The summed E-state index contributed by atoms with van der Waals surface area (Å²) in [5, 5.41) is 6.79. The highest BCUT2D eigenvalue weighted by Gasteiger charge is 2.02. The van der Waals surface area contributed by atoms with Gasteiger partial charge in [0.15, 0.2) is 5.11 Å². The molecule has 0 saturated carbocycles. The number of anilines is 2. The number of benzene rings is 1. The number of aryl methyl sites for hydroxylation is 3. The molecule has 0 amide bonds. The number of aromatic nitrogens is 1. The van der Waals surface area contributed by atoms with Crippen molar-refractivity contribution in [3.8, 4) is 0 Å². The third-order valence-corrected chi connectivity index (χ3v) is 2.99. The van der Waals surface area contributed by atoms with E-state index in [1.54, 1.807) is 0 Å². The first kappa shape index (κ1) is 13.5. The summed E-state index contributed by atoms with van der Waals surface area (Å²) in [6.45, 7) is 6.13. The molecule has 1 heterocycles. The second-order valence-corrected chi connectivity index (χ2v) is 5.03. The lowest BCUT2D eigenvalue weighted by Gasteiger charge is -2.12. The van der Waals surface area contributed by atoms with Crippen LogP contribution < -0.4 is 10.6 Å². The third-order valence-electron chi connectivity index (χ3n) is 2.78. The maximum absolute atomic E-state index is 5.28. The van der Waals surface area contributed by atoms with Crippen LogP contribution in [-0.4, -0.2) is 10.1 Å². The smallest absolute Gasteiger partial charge is 0.176 e. The summed E-state index contributed by atoms with van der Waals surface area (Å²) in [6.07, 6.45) is 1.81. The minimum absolute atomic E-state index is 0.545. The molecule has 0 spiro atoms. The van der Waals surface area contributed by atoms with Crippen LogP contribution in [0.2, 0.25) is 0 Å². The molecule has 0 saturated heterocycles. The van der Waals surface area contributed by atoms with Crippen LogP contribution in [0.3, 0.4) is 0 Å². The summed E-state index contributed by atoms with van der Waals surface area (Å²) in [5.74, 6) is 0.743. The van der Waals surface area contributed by atoms with E-state index < -0.39 is 0 Å². The average Bonchev–Trinajstić information content (AvgIpc) is 2.36. The molecule has 3 nitrogen and oxygen atoms in total. The van der Waals surface area contributed by atoms with Gasteiger partial charge >= 0.3 is 0 Å². The molecule has 4 heteroatoms. The normalized spacial score (nSPS) is 10.1. The first-order valence-electron chi connectivity index (χ1n) is 6.12. The zero-order valence-corrected chi connectivity index (χ0v) is 12.1. The van der Waals surface area contributed by atoms with Crippen LogP contribution in [-0.2, 0) is 0 Å². The molecule has 1 aromatic carbocycles. The lowest BCUT2D eigenvalue weighted by atomic mass is 10.1. The highest BCUT2D eigenvalue weighted by atomic mass is 32.1. The molecule has 2 N–H and O–H groups in total. The van der Waals surface area contributed by atoms with Gasteiger partial charge < -0.3 is 10.6 Å².